The maximum absolute atomic E-state index is 12.5. The second-order valence-corrected chi connectivity index (χ2v) is 5.33. The molecule has 0 saturated heterocycles. The number of ether oxygens (including phenoxy) is 3. The molecule has 0 aromatic heterocycles. The Morgan fingerprint density at radius 1 is 1.04 bits per heavy atom. The standard InChI is InChI=1S/C18H16N2O6/c1-19-18(23)20-16(21)15(11-5-3-2-4-6-11)26-17(22)12-7-8-13-14(9-12)25-10-24-13/h2-9,15H,10H2,1H3,(H2,19,20,21,23)/t15-/m0/s1. The maximum Gasteiger partial charge on any atom is 0.339 e. The number of carbonyl (C=O) groups excluding carboxylic acids is 3. The van der Waals surface area contributed by atoms with Gasteiger partial charge in [0, 0.05) is 12.6 Å². The molecular formula is C18H16N2O6. The number of rotatable bonds is 4. The van der Waals surface area contributed by atoms with Gasteiger partial charge < -0.3 is 19.5 Å². The smallest absolute Gasteiger partial charge is 0.339 e. The van der Waals surface area contributed by atoms with Gasteiger partial charge in [0.25, 0.3) is 5.91 Å². The highest BCUT2D eigenvalue weighted by molar-refractivity contribution is 5.99. The van der Waals surface area contributed by atoms with E-state index in [9.17, 15) is 14.4 Å². The molecule has 134 valence electrons. The second kappa shape index (κ2) is 7.56. The van der Waals surface area contributed by atoms with Crippen molar-refractivity contribution < 1.29 is 28.6 Å². The van der Waals surface area contributed by atoms with Crippen LogP contribution in [0.4, 0.5) is 4.79 Å². The van der Waals surface area contributed by atoms with E-state index >= 15 is 0 Å². The Morgan fingerprint density at radius 3 is 2.50 bits per heavy atom. The molecule has 3 amide bonds. The number of hydrogen-bond donors (Lipinski definition) is 2. The van der Waals surface area contributed by atoms with Crippen LogP contribution in [0.5, 0.6) is 11.5 Å². The highest BCUT2D eigenvalue weighted by Crippen LogP contribution is 2.33. The van der Waals surface area contributed by atoms with Crippen LogP contribution < -0.4 is 20.1 Å². The van der Waals surface area contributed by atoms with E-state index < -0.39 is 24.0 Å². The van der Waals surface area contributed by atoms with E-state index in [1.807, 2.05) is 0 Å². The summed E-state index contributed by atoms with van der Waals surface area (Å²) in [5, 5.41) is 4.39. The number of benzene rings is 2. The third-order valence-corrected chi connectivity index (χ3v) is 3.64. The summed E-state index contributed by atoms with van der Waals surface area (Å²) in [6.07, 6.45) is -1.29. The molecule has 0 fully saturated rings. The van der Waals surface area contributed by atoms with Gasteiger partial charge in [-0.15, -0.1) is 0 Å². The molecule has 3 rings (SSSR count). The van der Waals surface area contributed by atoms with Crippen molar-refractivity contribution >= 4 is 17.9 Å². The predicted molar refractivity (Wildman–Crippen MR) is 89.8 cm³/mol. The quantitative estimate of drug-likeness (QED) is 0.810. The Hall–Kier alpha value is -3.55. The molecule has 1 aliphatic rings. The van der Waals surface area contributed by atoms with E-state index in [0.717, 1.165) is 0 Å². The van der Waals surface area contributed by atoms with Crippen LogP contribution >= 0.6 is 0 Å². The monoisotopic (exact) mass is 356 g/mol. The summed E-state index contributed by atoms with van der Waals surface area (Å²) in [6, 6.07) is 12.3. The molecule has 0 unspecified atom stereocenters. The van der Waals surface area contributed by atoms with Gasteiger partial charge in [-0.25, -0.2) is 9.59 Å². The van der Waals surface area contributed by atoms with E-state index in [4.69, 9.17) is 14.2 Å². The summed E-state index contributed by atoms with van der Waals surface area (Å²) in [5.74, 6) is -0.544. The Morgan fingerprint density at radius 2 is 1.77 bits per heavy atom. The molecule has 26 heavy (non-hydrogen) atoms. The van der Waals surface area contributed by atoms with Gasteiger partial charge in [-0.1, -0.05) is 30.3 Å². The summed E-state index contributed by atoms with van der Waals surface area (Å²) in [7, 11) is 1.37. The molecule has 2 N–H and O–H groups in total. The molecule has 1 aliphatic heterocycles. The van der Waals surface area contributed by atoms with Gasteiger partial charge in [-0.2, -0.15) is 0 Å². The van der Waals surface area contributed by atoms with Gasteiger partial charge in [-0.3, -0.25) is 10.1 Å². The normalized spacial score (nSPS) is 12.8. The molecule has 1 atom stereocenters. The Balaban J connectivity index is 1.82. The molecule has 8 heteroatoms. The fourth-order valence-corrected chi connectivity index (χ4v) is 2.34. The zero-order valence-corrected chi connectivity index (χ0v) is 13.9. The molecule has 0 radical (unpaired) electrons. The predicted octanol–water partition coefficient (Wildman–Crippen LogP) is 1.77. The zero-order chi connectivity index (χ0) is 18.5. The lowest BCUT2D eigenvalue weighted by molar-refractivity contribution is -0.129. The SMILES string of the molecule is CNC(=O)NC(=O)[C@@H](OC(=O)c1ccc2c(c1)OCO2)c1ccccc1. The number of amides is 3. The number of urea groups is 1. The topological polar surface area (TPSA) is 103 Å². The summed E-state index contributed by atoms with van der Waals surface area (Å²) >= 11 is 0. The first-order chi connectivity index (χ1) is 12.6. The van der Waals surface area contributed by atoms with E-state index in [-0.39, 0.29) is 12.4 Å². The van der Waals surface area contributed by atoms with Gasteiger partial charge in [0.15, 0.2) is 11.5 Å². The van der Waals surface area contributed by atoms with Crippen LogP contribution in [-0.2, 0) is 9.53 Å². The van der Waals surface area contributed by atoms with Crippen molar-refractivity contribution in [1.29, 1.82) is 0 Å². The van der Waals surface area contributed by atoms with Gasteiger partial charge in [0.05, 0.1) is 5.56 Å². The molecular weight excluding hydrogens is 340 g/mol. The summed E-state index contributed by atoms with van der Waals surface area (Å²) in [6.45, 7) is 0.0784. The fraction of sp³-hybridized carbons (Fsp3) is 0.167. The van der Waals surface area contributed by atoms with Crippen LogP contribution in [0.1, 0.15) is 22.0 Å². The number of carbonyl (C=O) groups is 3. The molecule has 2 aromatic carbocycles. The third kappa shape index (κ3) is 3.75. The second-order valence-electron chi connectivity index (χ2n) is 5.33. The average Bonchev–Trinajstić information content (AvgIpc) is 3.14. The largest absolute Gasteiger partial charge is 0.454 e. The fourth-order valence-electron chi connectivity index (χ4n) is 2.34. The van der Waals surface area contributed by atoms with Crippen molar-refractivity contribution in [3.05, 3.63) is 59.7 Å². The minimum atomic E-state index is -1.29. The number of imide groups is 1. The Kier molecular flexibility index (Phi) is 5.02. The lowest BCUT2D eigenvalue weighted by Crippen LogP contribution is -2.41. The van der Waals surface area contributed by atoms with E-state index in [1.54, 1.807) is 36.4 Å². The maximum atomic E-state index is 12.5. The highest BCUT2D eigenvalue weighted by Gasteiger charge is 2.27. The van der Waals surface area contributed by atoms with Crippen LogP contribution in [0.2, 0.25) is 0 Å². The van der Waals surface area contributed by atoms with Crippen molar-refractivity contribution in [3.8, 4) is 11.5 Å². The molecule has 0 bridgehead atoms. The molecule has 2 aromatic rings. The van der Waals surface area contributed by atoms with E-state index in [1.165, 1.54) is 19.2 Å². The highest BCUT2D eigenvalue weighted by atomic mass is 16.7. The Labute approximate surface area is 149 Å². The summed E-state index contributed by atoms with van der Waals surface area (Å²) in [4.78, 5) is 36.3. The van der Waals surface area contributed by atoms with Gasteiger partial charge in [0.1, 0.15) is 0 Å². The number of fused-ring (bicyclic) bond motifs is 1. The molecule has 0 saturated carbocycles. The van der Waals surface area contributed by atoms with Crippen molar-refractivity contribution in [2.24, 2.45) is 0 Å². The minimum absolute atomic E-state index is 0.0784. The van der Waals surface area contributed by atoms with Crippen LogP contribution in [0, 0.1) is 0 Å². The lowest BCUT2D eigenvalue weighted by Gasteiger charge is -2.17. The van der Waals surface area contributed by atoms with Crippen molar-refractivity contribution in [3.63, 3.8) is 0 Å². The summed E-state index contributed by atoms with van der Waals surface area (Å²) in [5.41, 5.74) is 0.630. The first-order valence-electron chi connectivity index (χ1n) is 7.76. The van der Waals surface area contributed by atoms with Crippen LogP contribution in [0.3, 0.4) is 0 Å². The summed E-state index contributed by atoms with van der Waals surface area (Å²) < 4.78 is 15.8. The van der Waals surface area contributed by atoms with Crippen LogP contribution in [0.25, 0.3) is 0 Å². The van der Waals surface area contributed by atoms with Crippen LogP contribution in [-0.4, -0.2) is 31.7 Å². The number of nitrogens with one attached hydrogen (secondary N) is 2. The van der Waals surface area contributed by atoms with Crippen LogP contribution in [0.15, 0.2) is 48.5 Å². The molecule has 0 aliphatic carbocycles. The van der Waals surface area contributed by atoms with Crippen molar-refractivity contribution in [2.75, 3.05) is 13.8 Å². The number of hydrogen-bond acceptors (Lipinski definition) is 6. The average molecular weight is 356 g/mol. The lowest BCUT2D eigenvalue weighted by atomic mass is 10.1. The molecule has 1 heterocycles. The molecule has 0 spiro atoms. The van der Waals surface area contributed by atoms with E-state index in [2.05, 4.69) is 10.6 Å². The Bertz CT molecular complexity index is 837. The van der Waals surface area contributed by atoms with E-state index in [0.29, 0.717) is 17.1 Å². The first-order valence-corrected chi connectivity index (χ1v) is 7.76. The first kappa shape index (κ1) is 17.3. The van der Waals surface area contributed by atoms with Gasteiger partial charge >= 0.3 is 12.0 Å². The van der Waals surface area contributed by atoms with Crippen molar-refractivity contribution in [2.45, 2.75) is 6.10 Å². The third-order valence-electron chi connectivity index (χ3n) is 3.64. The van der Waals surface area contributed by atoms with Crippen molar-refractivity contribution in [1.82, 2.24) is 10.6 Å². The minimum Gasteiger partial charge on any atom is -0.454 e. The zero-order valence-electron chi connectivity index (χ0n) is 13.9. The van der Waals surface area contributed by atoms with Gasteiger partial charge in [-0.05, 0) is 18.2 Å². The van der Waals surface area contributed by atoms with Gasteiger partial charge in [0.2, 0.25) is 12.9 Å². The molecule has 8 nitrogen and oxygen atoms in total. The number of esters is 1.